The van der Waals surface area contributed by atoms with Crippen LogP contribution in [0.3, 0.4) is 0 Å². The molecule has 0 radical (unpaired) electrons. The fourth-order valence-corrected chi connectivity index (χ4v) is 3.33. The maximum atomic E-state index is 12.1. The van der Waals surface area contributed by atoms with Crippen LogP contribution in [0.2, 0.25) is 0 Å². The number of piperidine rings is 2. The fourth-order valence-electron chi connectivity index (χ4n) is 3.33. The van der Waals surface area contributed by atoms with E-state index in [1.54, 1.807) is 0 Å². The standard InChI is InChI=1S/C16H31N3O/c1-16(2,3)19-10-6-14(7-11-19)18-15(20)12-13-4-8-17-9-5-13/h13-14,17H,4-12H2,1-3H3,(H,18,20). The van der Waals surface area contributed by atoms with Crippen molar-refractivity contribution in [2.24, 2.45) is 5.92 Å². The molecule has 0 atom stereocenters. The summed E-state index contributed by atoms with van der Waals surface area (Å²) < 4.78 is 0. The molecule has 0 aromatic rings. The molecule has 2 heterocycles. The van der Waals surface area contributed by atoms with Gasteiger partial charge in [-0.05, 0) is 65.5 Å². The highest BCUT2D eigenvalue weighted by atomic mass is 16.1. The van der Waals surface area contributed by atoms with E-state index in [9.17, 15) is 4.79 Å². The molecule has 2 aliphatic rings. The van der Waals surface area contributed by atoms with Gasteiger partial charge in [0.05, 0.1) is 0 Å². The third-order valence-corrected chi connectivity index (χ3v) is 4.74. The second kappa shape index (κ2) is 6.90. The largest absolute Gasteiger partial charge is 0.353 e. The normalized spacial score (nSPS) is 23.8. The second-order valence-corrected chi connectivity index (χ2v) is 7.40. The molecule has 2 saturated heterocycles. The van der Waals surface area contributed by atoms with Crippen LogP contribution in [0.15, 0.2) is 0 Å². The highest BCUT2D eigenvalue weighted by Crippen LogP contribution is 2.21. The Morgan fingerprint density at radius 1 is 1.15 bits per heavy atom. The third kappa shape index (κ3) is 4.74. The van der Waals surface area contributed by atoms with Gasteiger partial charge in [0.2, 0.25) is 5.91 Å². The lowest BCUT2D eigenvalue weighted by Gasteiger charge is -2.41. The molecule has 4 nitrogen and oxygen atoms in total. The Morgan fingerprint density at radius 2 is 1.75 bits per heavy atom. The average Bonchev–Trinajstić information content (AvgIpc) is 2.39. The number of nitrogens with zero attached hydrogens (tertiary/aromatic N) is 1. The first-order valence-corrected chi connectivity index (χ1v) is 8.20. The monoisotopic (exact) mass is 281 g/mol. The van der Waals surface area contributed by atoms with Crippen molar-refractivity contribution in [1.82, 2.24) is 15.5 Å². The number of nitrogens with one attached hydrogen (secondary N) is 2. The Kier molecular flexibility index (Phi) is 5.44. The Balaban J connectivity index is 1.68. The van der Waals surface area contributed by atoms with Gasteiger partial charge in [-0.1, -0.05) is 0 Å². The number of likely N-dealkylation sites (tertiary alicyclic amines) is 1. The zero-order valence-electron chi connectivity index (χ0n) is 13.4. The van der Waals surface area contributed by atoms with Crippen LogP contribution in [0.5, 0.6) is 0 Å². The van der Waals surface area contributed by atoms with Gasteiger partial charge in [-0.15, -0.1) is 0 Å². The maximum Gasteiger partial charge on any atom is 0.220 e. The highest BCUT2D eigenvalue weighted by Gasteiger charge is 2.28. The molecule has 2 aliphatic heterocycles. The van der Waals surface area contributed by atoms with E-state index in [4.69, 9.17) is 0 Å². The van der Waals surface area contributed by atoms with E-state index in [2.05, 4.69) is 36.3 Å². The Labute approximate surface area is 123 Å². The van der Waals surface area contributed by atoms with Crippen molar-refractivity contribution < 1.29 is 4.79 Å². The van der Waals surface area contributed by atoms with Gasteiger partial charge in [-0.25, -0.2) is 0 Å². The number of amides is 1. The van der Waals surface area contributed by atoms with Crippen molar-refractivity contribution in [3.05, 3.63) is 0 Å². The molecular weight excluding hydrogens is 250 g/mol. The van der Waals surface area contributed by atoms with Crippen LogP contribution in [-0.4, -0.2) is 48.6 Å². The maximum absolute atomic E-state index is 12.1. The minimum Gasteiger partial charge on any atom is -0.353 e. The van der Waals surface area contributed by atoms with Gasteiger partial charge < -0.3 is 10.6 Å². The molecule has 1 amide bonds. The van der Waals surface area contributed by atoms with Crippen LogP contribution in [0.25, 0.3) is 0 Å². The molecule has 0 aromatic heterocycles. The van der Waals surface area contributed by atoms with Crippen LogP contribution in [0, 0.1) is 5.92 Å². The van der Waals surface area contributed by atoms with Gasteiger partial charge >= 0.3 is 0 Å². The fraction of sp³-hybridized carbons (Fsp3) is 0.938. The molecule has 116 valence electrons. The number of rotatable bonds is 3. The Hall–Kier alpha value is -0.610. The van der Waals surface area contributed by atoms with E-state index >= 15 is 0 Å². The average molecular weight is 281 g/mol. The van der Waals surface area contributed by atoms with E-state index in [-0.39, 0.29) is 11.4 Å². The summed E-state index contributed by atoms with van der Waals surface area (Å²) in [6.07, 6.45) is 5.21. The van der Waals surface area contributed by atoms with Gasteiger partial charge in [0.15, 0.2) is 0 Å². The van der Waals surface area contributed by atoms with Gasteiger partial charge in [0, 0.05) is 31.1 Å². The predicted molar refractivity (Wildman–Crippen MR) is 82.7 cm³/mol. The quantitative estimate of drug-likeness (QED) is 0.828. The summed E-state index contributed by atoms with van der Waals surface area (Å²) in [5.41, 5.74) is 0.254. The third-order valence-electron chi connectivity index (χ3n) is 4.74. The van der Waals surface area contributed by atoms with Crippen LogP contribution in [0.1, 0.15) is 52.9 Å². The molecule has 2 fully saturated rings. The molecule has 0 spiro atoms. The summed E-state index contributed by atoms with van der Waals surface area (Å²) in [5, 5.41) is 6.60. The summed E-state index contributed by atoms with van der Waals surface area (Å²) in [4.78, 5) is 14.6. The summed E-state index contributed by atoms with van der Waals surface area (Å²) in [6.45, 7) is 11.1. The van der Waals surface area contributed by atoms with Crippen molar-refractivity contribution in [2.45, 2.75) is 64.5 Å². The first-order chi connectivity index (χ1) is 9.45. The molecular formula is C16H31N3O. The van der Waals surface area contributed by atoms with E-state index in [0.29, 0.717) is 12.0 Å². The molecule has 0 bridgehead atoms. The summed E-state index contributed by atoms with van der Waals surface area (Å²) in [6, 6.07) is 0.391. The SMILES string of the molecule is CC(C)(C)N1CCC(NC(=O)CC2CCNCC2)CC1. The van der Waals surface area contributed by atoms with Gasteiger partial charge in [0.25, 0.3) is 0 Å². The van der Waals surface area contributed by atoms with E-state index < -0.39 is 0 Å². The molecule has 0 unspecified atom stereocenters. The highest BCUT2D eigenvalue weighted by molar-refractivity contribution is 5.76. The van der Waals surface area contributed by atoms with Crippen LogP contribution in [-0.2, 0) is 4.79 Å². The number of hydrogen-bond donors (Lipinski definition) is 2. The molecule has 2 rings (SSSR count). The second-order valence-electron chi connectivity index (χ2n) is 7.40. The predicted octanol–water partition coefficient (Wildman–Crippen LogP) is 1.76. The summed E-state index contributed by atoms with van der Waals surface area (Å²) in [7, 11) is 0. The van der Waals surface area contributed by atoms with E-state index in [1.807, 2.05) is 0 Å². The zero-order valence-corrected chi connectivity index (χ0v) is 13.4. The minimum atomic E-state index is 0.254. The summed E-state index contributed by atoms with van der Waals surface area (Å²) in [5.74, 6) is 0.858. The van der Waals surface area contributed by atoms with Gasteiger partial charge in [0.1, 0.15) is 0 Å². The van der Waals surface area contributed by atoms with Crippen molar-refractivity contribution in [3.63, 3.8) is 0 Å². The molecule has 0 aromatic carbocycles. The van der Waals surface area contributed by atoms with E-state index in [0.717, 1.165) is 58.3 Å². The lowest BCUT2D eigenvalue weighted by atomic mass is 9.93. The van der Waals surface area contributed by atoms with Crippen LogP contribution in [0.4, 0.5) is 0 Å². The van der Waals surface area contributed by atoms with Gasteiger partial charge in [-0.2, -0.15) is 0 Å². The number of carbonyl (C=O) groups is 1. The molecule has 0 saturated carbocycles. The van der Waals surface area contributed by atoms with Crippen molar-refractivity contribution >= 4 is 5.91 Å². The topological polar surface area (TPSA) is 44.4 Å². The van der Waals surface area contributed by atoms with Crippen LogP contribution >= 0.6 is 0 Å². The first kappa shape index (κ1) is 15.8. The molecule has 20 heavy (non-hydrogen) atoms. The molecule has 0 aliphatic carbocycles. The zero-order chi connectivity index (χ0) is 14.6. The van der Waals surface area contributed by atoms with Crippen LogP contribution < -0.4 is 10.6 Å². The molecule has 4 heteroatoms. The minimum absolute atomic E-state index is 0.254. The summed E-state index contributed by atoms with van der Waals surface area (Å²) >= 11 is 0. The Bertz CT molecular complexity index is 310. The van der Waals surface area contributed by atoms with Crippen molar-refractivity contribution in [2.75, 3.05) is 26.2 Å². The number of hydrogen-bond acceptors (Lipinski definition) is 3. The number of carbonyl (C=O) groups excluding carboxylic acids is 1. The van der Waals surface area contributed by atoms with E-state index in [1.165, 1.54) is 0 Å². The molecule has 2 N–H and O–H groups in total. The lowest BCUT2D eigenvalue weighted by molar-refractivity contribution is -0.123. The van der Waals surface area contributed by atoms with Gasteiger partial charge in [-0.3, -0.25) is 9.69 Å². The van der Waals surface area contributed by atoms with Crippen molar-refractivity contribution in [3.8, 4) is 0 Å². The Morgan fingerprint density at radius 3 is 2.30 bits per heavy atom. The first-order valence-electron chi connectivity index (χ1n) is 8.20. The van der Waals surface area contributed by atoms with Crippen molar-refractivity contribution in [1.29, 1.82) is 0 Å². The smallest absolute Gasteiger partial charge is 0.220 e. The lowest BCUT2D eigenvalue weighted by Crippen LogP contribution is -2.51.